The molecule has 8 nitrogen and oxygen atoms in total. The van der Waals surface area contributed by atoms with Gasteiger partial charge in [-0.05, 0) is 18.9 Å². The maximum atomic E-state index is 12.2. The molecule has 1 amide bonds. The van der Waals surface area contributed by atoms with E-state index in [4.69, 9.17) is 4.74 Å². The van der Waals surface area contributed by atoms with Crippen LogP contribution in [0.3, 0.4) is 0 Å². The molecule has 0 unspecified atom stereocenters. The predicted molar refractivity (Wildman–Crippen MR) is 109 cm³/mol. The Morgan fingerprint density at radius 3 is 2.76 bits per heavy atom. The van der Waals surface area contributed by atoms with Crippen LogP contribution in [0.5, 0.6) is 0 Å². The number of benzene rings is 1. The second-order valence-corrected chi connectivity index (χ2v) is 7.78. The van der Waals surface area contributed by atoms with Gasteiger partial charge in [0.1, 0.15) is 6.04 Å². The van der Waals surface area contributed by atoms with E-state index in [1.165, 1.54) is 0 Å². The normalized spacial score (nSPS) is 22.0. The van der Waals surface area contributed by atoms with Crippen molar-refractivity contribution < 1.29 is 19.4 Å². The van der Waals surface area contributed by atoms with Gasteiger partial charge in [-0.3, -0.25) is 19.4 Å². The second-order valence-electron chi connectivity index (χ2n) is 7.78. The summed E-state index contributed by atoms with van der Waals surface area (Å²) < 4.78 is 5.53. The molecule has 2 aromatic rings. The fourth-order valence-corrected chi connectivity index (χ4v) is 4.28. The lowest BCUT2D eigenvalue weighted by molar-refractivity contribution is -0.144. The maximum absolute atomic E-state index is 12.2. The summed E-state index contributed by atoms with van der Waals surface area (Å²) in [6.07, 6.45) is 4.00. The Kier molecular flexibility index (Phi) is 6.13. The Morgan fingerprint density at radius 2 is 2.03 bits per heavy atom. The van der Waals surface area contributed by atoms with E-state index in [9.17, 15) is 14.7 Å². The average molecular weight is 400 g/mol. The first-order valence-corrected chi connectivity index (χ1v) is 10.3. The molecule has 1 aromatic heterocycles. The van der Waals surface area contributed by atoms with Gasteiger partial charge in [0.2, 0.25) is 5.91 Å². The number of H-pyrrole nitrogens is 1. The van der Waals surface area contributed by atoms with Gasteiger partial charge in [0.15, 0.2) is 0 Å². The summed E-state index contributed by atoms with van der Waals surface area (Å²) in [7, 11) is 0. The van der Waals surface area contributed by atoms with Crippen LogP contribution >= 0.6 is 0 Å². The van der Waals surface area contributed by atoms with E-state index >= 15 is 0 Å². The van der Waals surface area contributed by atoms with E-state index in [-0.39, 0.29) is 12.0 Å². The highest BCUT2D eigenvalue weighted by molar-refractivity contribution is 5.89. The van der Waals surface area contributed by atoms with Crippen molar-refractivity contribution in [1.82, 2.24) is 20.1 Å². The lowest BCUT2D eigenvalue weighted by atomic mass is 10.0. The third-order valence-corrected chi connectivity index (χ3v) is 5.84. The number of carbonyl (C=O) groups excluding carboxylic acids is 1. The number of hydrogen-bond donors (Lipinski definition) is 3. The van der Waals surface area contributed by atoms with Crippen LogP contribution in [0.1, 0.15) is 24.4 Å². The molecular weight excluding hydrogens is 372 g/mol. The van der Waals surface area contributed by atoms with Crippen LogP contribution in [0.4, 0.5) is 0 Å². The van der Waals surface area contributed by atoms with Gasteiger partial charge in [-0.15, -0.1) is 0 Å². The van der Waals surface area contributed by atoms with E-state index in [1.807, 2.05) is 29.2 Å². The van der Waals surface area contributed by atoms with Crippen molar-refractivity contribution in [3.05, 3.63) is 36.0 Å². The quantitative estimate of drug-likeness (QED) is 0.646. The largest absolute Gasteiger partial charge is 0.480 e. The molecule has 8 heteroatoms. The lowest BCUT2D eigenvalue weighted by Crippen LogP contribution is -2.51. The van der Waals surface area contributed by atoms with E-state index in [1.54, 1.807) is 6.20 Å². The van der Waals surface area contributed by atoms with Crippen LogP contribution in [0.2, 0.25) is 0 Å². The summed E-state index contributed by atoms with van der Waals surface area (Å²) in [4.78, 5) is 31.5. The molecule has 0 bridgehead atoms. The van der Waals surface area contributed by atoms with E-state index < -0.39 is 12.0 Å². The number of rotatable bonds is 7. The number of carboxylic acids is 1. The monoisotopic (exact) mass is 400 g/mol. The van der Waals surface area contributed by atoms with Gasteiger partial charge in [-0.2, -0.15) is 0 Å². The fraction of sp³-hybridized carbons (Fsp3) is 0.524. The number of para-hydroxylation sites is 1. The number of aliphatic carboxylic acids is 1. The van der Waals surface area contributed by atoms with Crippen LogP contribution in [0.15, 0.2) is 30.5 Å². The van der Waals surface area contributed by atoms with Gasteiger partial charge < -0.3 is 20.1 Å². The fourth-order valence-electron chi connectivity index (χ4n) is 4.28. The molecule has 156 valence electrons. The zero-order valence-electron chi connectivity index (χ0n) is 16.5. The number of aromatic amines is 1. The highest BCUT2D eigenvalue weighted by atomic mass is 16.5. The van der Waals surface area contributed by atoms with Crippen LogP contribution in [-0.2, 0) is 14.3 Å². The summed E-state index contributed by atoms with van der Waals surface area (Å²) in [5, 5.41) is 13.8. The van der Waals surface area contributed by atoms with Crippen molar-refractivity contribution in [3.8, 4) is 0 Å². The molecule has 29 heavy (non-hydrogen) atoms. The van der Waals surface area contributed by atoms with Gasteiger partial charge in [0, 0.05) is 62.0 Å². The Balaban J connectivity index is 1.32. The first-order chi connectivity index (χ1) is 14.1. The number of carboxylic acid groups (broad SMARTS) is 1. The van der Waals surface area contributed by atoms with Gasteiger partial charge in [-0.1, -0.05) is 18.2 Å². The van der Waals surface area contributed by atoms with Crippen molar-refractivity contribution in [2.75, 3.05) is 45.9 Å². The molecule has 3 N–H and O–H groups in total. The number of nitrogens with one attached hydrogen (secondary N) is 2. The second kappa shape index (κ2) is 8.94. The molecule has 2 aliphatic heterocycles. The third kappa shape index (κ3) is 4.60. The summed E-state index contributed by atoms with van der Waals surface area (Å²) in [5.41, 5.74) is 1.73. The summed E-state index contributed by atoms with van der Waals surface area (Å²) >= 11 is 0. The highest BCUT2D eigenvalue weighted by Crippen LogP contribution is 2.29. The van der Waals surface area contributed by atoms with Crippen molar-refractivity contribution >= 4 is 22.8 Å². The van der Waals surface area contributed by atoms with Gasteiger partial charge in [0.25, 0.3) is 0 Å². The van der Waals surface area contributed by atoms with Crippen molar-refractivity contribution in [2.45, 2.75) is 25.0 Å². The van der Waals surface area contributed by atoms with Gasteiger partial charge >= 0.3 is 5.97 Å². The SMILES string of the molecule is O=C(CN1CCN([C@@H](C(=O)O)c2c[nH]c3ccccc23)CC1)NC[C@@H]1CCCO1. The molecule has 4 rings (SSSR count). The number of nitrogens with zero attached hydrogens (tertiary/aromatic N) is 2. The average Bonchev–Trinajstić information content (AvgIpc) is 3.38. The molecule has 3 heterocycles. The van der Waals surface area contributed by atoms with Crippen LogP contribution in [-0.4, -0.2) is 83.7 Å². The minimum Gasteiger partial charge on any atom is -0.480 e. The Hall–Kier alpha value is -2.42. The molecule has 0 saturated carbocycles. The number of piperazine rings is 1. The molecule has 2 fully saturated rings. The topological polar surface area (TPSA) is 97.9 Å². The van der Waals surface area contributed by atoms with E-state index in [0.717, 1.165) is 35.9 Å². The summed E-state index contributed by atoms with van der Waals surface area (Å²) in [6.45, 7) is 4.24. The van der Waals surface area contributed by atoms with Crippen LogP contribution in [0, 0.1) is 0 Å². The highest BCUT2D eigenvalue weighted by Gasteiger charge is 2.32. The number of carbonyl (C=O) groups is 2. The molecule has 1 aromatic carbocycles. The number of amides is 1. The van der Waals surface area contributed by atoms with Crippen LogP contribution < -0.4 is 5.32 Å². The Morgan fingerprint density at radius 1 is 1.24 bits per heavy atom. The maximum Gasteiger partial charge on any atom is 0.325 e. The van der Waals surface area contributed by atoms with Gasteiger partial charge in [0.05, 0.1) is 12.6 Å². The predicted octanol–water partition coefficient (Wildman–Crippen LogP) is 1.21. The van der Waals surface area contributed by atoms with Crippen molar-refractivity contribution in [3.63, 3.8) is 0 Å². The standard InChI is InChI=1S/C21H28N4O4/c26-19(23-12-15-4-3-11-29-15)14-24-7-9-25(10-8-24)20(21(27)28)17-13-22-18-6-2-1-5-16(17)18/h1-2,5-6,13,15,20,22H,3-4,7-12,14H2,(H,23,26)(H,27,28)/t15-,20+/m0/s1. The Labute approximate surface area is 169 Å². The Bertz CT molecular complexity index is 853. The number of fused-ring (bicyclic) bond motifs is 1. The minimum atomic E-state index is -0.850. The zero-order chi connectivity index (χ0) is 20.2. The van der Waals surface area contributed by atoms with Crippen molar-refractivity contribution in [2.24, 2.45) is 0 Å². The van der Waals surface area contributed by atoms with Crippen molar-refractivity contribution in [1.29, 1.82) is 0 Å². The molecule has 2 saturated heterocycles. The molecule has 2 aliphatic rings. The van der Waals surface area contributed by atoms with E-state index in [2.05, 4.69) is 15.2 Å². The number of aromatic nitrogens is 1. The first-order valence-electron chi connectivity index (χ1n) is 10.3. The molecular formula is C21H28N4O4. The van der Waals surface area contributed by atoms with E-state index in [0.29, 0.717) is 39.3 Å². The van der Waals surface area contributed by atoms with Gasteiger partial charge in [-0.25, -0.2) is 0 Å². The lowest BCUT2D eigenvalue weighted by Gasteiger charge is -2.37. The van der Waals surface area contributed by atoms with Crippen LogP contribution in [0.25, 0.3) is 10.9 Å². The molecule has 2 atom stereocenters. The molecule has 0 aliphatic carbocycles. The number of hydrogen-bond acceptors (Lipinski definition) is 5. The minimum absolute atomic E-state index is 0.000336. The zero-order valence-corrected chi connectivity index (χ0v) is 16.5. The summed E-state index contributed by atoms with van der Waals surface area (Å²) in [6, 6.07) is 7.06. The smallest absolute Gasteiger partial charge is 0.325 e. The summed E-state index contributed by atoms with van der Waals surface area (Å²) in [5.74, 6) is -0.849. The molecule has 0 spiro atoms. The number of ether oxygens (including phenoxy) is 1. The molecule has 0 radical (unpaired) electrons. The third-order valence-electron chi connectivity index (χ3n) is 5.84. The first kappa shape index (κ1) is 19.9.